The molecule has 0 fully saturated rings. The highest BCUT2D eigenvalue weighted by atomic mass is 32.1. The zero-order valence-electron chi connectivity index (χ0n) is 9.26. The predicted octanol–water partition coefficient (Wildman–Crippen LogP) is 2.73. The van der Waals surface area contributed by atoms with E-state index in [-0.39, 0.29) is 0 Å². The molecule has 0 atom stereocenters. The minimum atomic E-state index is -0.408. The molecule has 3 nitrogen and oxygen atoms in total. The fourth-order valence-corrected chi connectivity index (χ4v) is 2.08. The third-order valence-corrected chi connectivity index (χ3v) is 3.00. The number of hydrogen-bond acceptors (Lipinski definition) is 4. The van der Waals surface area contributed by atoms with Gasteiger partial charge in [-0.25, -0.2) is 9.37 Å². The number of carbonyl (C=O) groups is 1. The lowest BCUT2D eigenvalue weighted by atomic mass is 10.2. The fourth-order valence-electron chi connectivity index (χ4n) is 1.53. The molecule has 17 heavy (non-hydrogen) atoms. The first-order valence-corrected chi connectivity index (χ1v) is 5.97. The van der Waals surface area contributed by atoms with Gasteiger partial charge in [0.25, 0.3) is 0 Å². The first-order chi connectivity index (χ1) is 8.19. The highest BCUT2D eigenvalue weighted by Gasteiger charge is 2.06. The average molecular weight is 250 g/mol. The van der Waals surface area contributed by atoms with Gasteiger partial charge in [-0.2, -0.15) is 0 Å². The lowest BCUT2D eigenvalue weighted by Gasteiger charge is -2.18. The van der Waals surface area contributed by atoms with Crippen LogP contribution in [0.25, 0.3) is 0 Å². The van der Waals surface area contributed by atoms with E-state index in [9.17, 15) is 9.18 Å². The number of aldehydes is 1. The normalized spacial score (nSPS) is 10.2. The standard InChI is InChI=1S/C12H11FN2OS/c1-15(5-11-7-17-8-14-11)12-3-9(6-16)2-10(13)4-12/h2-4,6-8H,5H2,1H3. The summed E-state index contributed by atoms with van der Waals surface area (Å²) in [6.07, 6.45) is 0.642. The smallest absolute Gasteiger partial charge is 0.150 e. The van der Waals surface area contributed by atoms with Crippen LogP contribution in [0.1, 0.15) is 16.1 Å². The van der Waals surface area contributed by atoms with Gasteiger partial charge in [0.2, 0.25) is 0 Å². The van der Waals surface area contributed by atoms with Crippen molar-refractivity contribution in [1.29, 1.82) is 0 Å². The van der Waals surface area contributed by atoms with Crippen LogP contribution in [0.4, 0.5) is 10.1 Å². The van der Waals surface area contributed by atoms with Crippen LogP contribution in [-0.4, -0.2) is 18.3 Å². The van der Waals surface area contributed by atoms with Crippen LogP contribution in [0.15, 0.2) is 29.1 Å². The minimum Gasteiger partial charge on any atom is -0.369 e. The molecule has 1 aromatic carbocycles. The lowest BCUT2D eigenvalue weighted by Crippen LogP contribution is -2.17. The van der Waals surface area contributed by atoms with Gasteiger partial charge in [-0.3, -0.25) is 4.79 Å². The molecule has 2 rings (SSSR count). The minimum absolute atomic E-state index is 0.338. The zero-order valence-corrected chi connectivity index (χ0v) is 10.1. The molecule has 0 saturated heterocycles. The summed E-state index contributed by atoms with van der Waals surface area (Å²) in [5.74, 6) is -0.408. The highest BCUT2D eigenvalue weighted by Crippen LogP contribution is 2.18. The van der Waals surface area contributed by atoms with E-state index >= 15 is 0 Å². The molecule has 0 unspecified atom stereocenters. The summed E-state index contributed by atoms with van der Waals surface area (Å²) in [6.45, 7) is 0.589. The molecule has 1 heterocycles. The van der Waals surface area contributed by atoms with Gasteiger partial charge in [0, 0.05) is 23.7 Å². The molecule has 5 heteroatoms. The number of rotatable bonds is 4. The second-order valence-electron chi connectivity index (χ2n) is 3.70. The Morgan fingerprint density at radius 2 is 2.29 bits per heavy atom. The van der Waals surface area contributed by atoms with E-state index in [0.29, 0.717) is 24.1 Å². The molecule has 1 aromatic heterocycles. The van der Waals surface area contributed by atoms with E-state index in [4.69, 9.17) is 0 Å². The molecular formula is C12H11FN2OS. The van der Waals surface area contributed by atoms with Gasteiger partial charge in [0.05, 0.1) is 17.7 Å². The Balaban J connectivity index is 2.21. The zero-order chi connectivity index (χ0) is 12.3. The Morgan fingerprint density at radius 1 is 1.47 bits per heavy atom. The van der Waals surface area contributed by atoms with Gasteiger partial charge in [-0.1, -0.05) is 0 Å². The molecule has 0 saturated carbocycles. The van der Waals surface area contributed by atoms with E-state index in [2.05, 4.69) is 4.98 Å². The Labute approximate surface area is 103 Å². The second kappa shape index (κ2) is 5.05. The van der Waals surface area contributed by atoms with Crippen LogP contribution in [-0.2, 0) is 6.54 Å². The molecule has 0 bridgehead atoms. The number of halogens is 1. The summed E-state index contributed by atoms with van der Waals surface area (Å²) in [5.41, 5.74) is 3.69. The molecule has 0 aliphatic rings. The van der Waals surface area contributed by atoms with Crippen molar-refractivity contribution in [2.75, 3.05) is 11.9 Å². The van der Waals surface area contributed by atoms with Crippen molar-refractivity contribution in [1.82, 2.24) is 4.98 Å². The SMILES string of the molecule is CN(Cc1cscn1)c1cc(F)cc(C=O)c1. The van der Waals surface area contributed by atoms with Crippen molar-refractivity contribution >= 4 is 23.3 Å². The first-order valence-electron chi connectivity index (χ1n) is 5.03. The van der Waals surface area contributed by atoms with Crippen LogP contribution in [0, 0.1) is 5.82 Å². The maximum atomic E-state index is 13.3. The molecule has 88 valence electrons. The Hall–Kier alpha value is -1.75. The Bertz CT molecular complexity index is 513. The van der Waals surface area contributed by atoms with Crippen molar-refractivity contribution in [3.8, 4) is 0 Å². The number of nitrogens with zero attached hydrogens (tertiary/aromatic N) is 2. The number of anilines is 1. The van der Waals surface area contributed by atoms with Gasteiger partial charge in [0.1, 0.15) is 12.1 Å². The van der Waals surface area contributed by atoms with Crippen LogP contribution in [0.2, 0.25) is 0 Å². The molecule has 0 amide bonds. The summed E-state index contributed by atoms with van der Waals surface area (Å²) in [6, 6.07) is 4.27. The number of thiazole rings is 1. The van der Waals surface area contributed by atoms with Crippen molar-refractivity contribution in [2.24, 2.45) is 0 Å². The van der Waals surface area contributed by atoms with Gasteiger partial charge < -0.3 is 4.90 Å². The Kier molecular flexibility index (Phi) is 3.49. The van der Waals surface area contributed by atoms with Crippen LogP contribution in [0.3, 0.4) is 0 Å². The number of carbonyl (C=O) groups excluding carboxylic acids is 1. The summed E-state index contributed by atoms with van der Waals surface area (Å²) >= 11 is 1.52. The van der Waals surface area contributed by atoms with Crippen LogP contribution < -0.4 is 4.90 Å². The van der Waals surface area contributed by atoms with Gasteiger partial charge in [-0.05, 0) is 18.2 Å². The molecule has 0 spiro atoms. The number of hydrogen-bond donors (Lipinski definition) is 0. The van der Waals surface area contributed by atoms with Gasteiger partial charge in [0.15, 0.2) is 0 Å². The lowest BCUT2D eigenvalue weighted by molar-refractivity contribution is 0.112. The summed E-state index contributed by atoms with van der Waals surface area (Å²) in [4.78, 5) is 16.7. The molecular weight excluding hydrogens is 239 g/mol. The first kappa shape index (κ1) is 11.7. The Morgan fingerprint density at radius 3 is 2.94 bits per heavy atom. The fraction of sp³-hybridized carbons (Fsp3) is 0.167. The highest BCUT2D eigenvalue weighted by molar-refractivity contribution is 7.07. The van der Waals surface area contributed by atoms with Crippen molar-refractivity contribution in [3.63, 3.8) is 0 Å². The largest absolute Gasteiger partial charge is 0.369 e. The molecule has 0 aliphatic heterocycles. The molecule has 2 aromatic rings. The predicted molar refractivity (Wildman–Crippen MR) is 66.0 cm³/mol. The van der Waals surface area contributed by atoms with E-state index in [0.717, 1.165) is 5.69 Å². The van der Waals surface area contributed by atoms with Gasteiger partial charge >= 0.3 is 0 Å². The van der Waals surface area contributed by atoms with E-state index in [1.165, 1.54) is 23.5 Å². The summed E-state index contributed by atoms with van der Waals surface area (Å²) in [7, 11) is 1.84. The third kappa shape index (κ3) is 2.88. The maximum absolute atomic E-state index is 13.3. The molecule has 0 N–H and O–H groups in total. The van der Waals surface area contributed by atoms with Crippen molar-refractivity contribution < 1.29 is 9.18 Å². The third-order valence-electron chi connectivity index (χ3n) is 2.36. The maximum Gasteiger partial charge on any atom is 0.150 e. The van der Waals surface area contributed by atoms with E-state index in [1.807, 2.05) is 17.3 Å². The van der Waals surface area contributed by atoms with Gasteiger partial charge in [-0.15, -0.1) is 11.3 Å². The molecule has 0 radical (unpaired) electrons. The monoisotopic (exact) mass is 250 g/mol. The number of aromatic nitrogens is 1. The average Bonchev–Trinajstić information content (AvgIpc) is 2.81. The number of benzene rings is 1. The topological polar surface area (TPSA) is 33.2 Å². The van der Waals surface area contributed by atoms with Crippen molar-refractivity contribution in [3.05, 3.63) is 46.2 Å². The summed E-state index contributed by atoms with van der Waals surface area (Å²) in [5, 5.41) is 1.94. The van der Waals surface area contributed by atoms with Crippen molar-refractivity contribution in [2.45, 2.75) is 6.54 Å². The quantitative estimate of drug-likeness (QED) is 0.782. The second-order valence-corrected chi connectivity index (χ2v) is 4.42. The van der Waals surface area contributed by atoms with Crippen LogP contribution in [0.5, 0.6) is 0 Å². The van der Waals surface area contributed by atoms with E-state index < -0.39 is 5.82 Å². The van der Waals surface area contributed by atoms with E-state index in [1.54, 1.807) is 11.6 Å². The van der Waals surface area contributed by atoms with Crippen LogP contribution >= 0.6 is 11.3 Å². The summed E-state index contributed by atoms with van der Waals surface area (Å²) < 4.78 is 13.3. The molecule has 0 aliphatic carbocycles.